The van der Waals surface area contributed by atoms with Crippen LogP contribution in [-0.2, 0) is 19.2 Å². The third-order valence-electron chi connectivity index (χ3n) is 9.05. The number of carbonyl (C=O) groups is 5. The summed E-state index contributed by atoms with van der Waals surface area (Å²) in [4.78, 5) is 75.2. The van der Waals surface area contributed by atoms with Gasteiger partial charge in [-0.25, -0.2) is 0 Å². The Balaban J connectivity index is 1.80. The molecular formula is C34H53N5O5. The van der Waals surface area contributed by atoms with E-state index in [2.05, 4.69) is 5.32 Å². The Morgan fingerprint density at radius 2 is 1.30 bits per heavy atom. The summed E-state index contributed by atoms with van der Waals surface area (Å²) in [6, 6.07) is 5.77. The Labute approximate surface area is 263 Å². The molecule has 0 bridgehead atoms. The minimum atomic E-state index is -0.816. The summed E-state index contributed by atoms with van der Waals surface area (Å²) >= 11 is 0. The first-order valence-corrected chi connectivity index (χ1v) is 16.1. The van der Waals surface area contributed by atoms with Crippen molar-refractivity contribution < 1.29 is 24.0 Å². The first-order valence-electron chi connectivity index (χ1n) is 16.1. The van der Waals surface area contributed by atoms with Gasteiger partial charge in [0.15, 0.2) is 5.78 Å². The van der Waals surface area contributed by atoms with Gasteiger partial charge in [0.25, 0.3) is 0 Å². The van der Waals surface area contributed by atoms with Gasteiger partial charge in [0.2, 0.25) is 23.6 Å². The number of hydrogen-bond acceptors (Lipinski definition) is 6. The molecule has 1 aromatic rings. The molecule has 10 nitrogen and oxygen atoms in total. The van der Waals surface area contributed by atoms with E-state index in [0.717, 1.165) is 6.42 Å². The number of Topliss-reactive ketones (excluding diaryl/α,β-unsaturated/α-hetero) is 1. The molecular weight excluding hydrogens is 558 g/mol. The number of likely N-dealkylation sites (N-methyl/N-ethyl adjacent to an activating group) is 2. The minimum Gasteiger partial charge on any atom is -0.343 e. The molecule has 0 spiro atoms. The van der Waals surface area contributed by atoms with Gasteiger partial charge in [-0.2, -0.15) is 0 Å². The highest BCUT2D eigenvalue weighted by Crippen LogP contribution is 2.29. The smallest absolute Gasteiger partial charge is 0.246 e. The van der Waals surface area contributed by atoms with Gasteiger partial charge in [0.05, 0.1) is 12.1 Å². The lowest BCUT2D eigenvalue weighted by molar-refractivity contribution is -0.152. The molecule has 0 radical (unpaired) electrons. The normalized spacial score (nSPS) is 20.8. The van der Waals surface area contributed by atoms with Crippen LogP contribution in [0.25, 0.3) is 0 Å². The standard InChI is InChI=1S/C34H53N5O5/c1-21(2)27(35-31(41)28(22(3)4)36(7)8)33(43)37(9)29(23(5)6)34(44)39-20-14-18-26(39)32(42)38-19-13-17-25(38)30(40)24-15-11-10-12-16-24/h10-12,15-16,21-23,25-29H,13-14,17-20H2,1-9H3,(H,35,41)/t25-,26-,27-,28-,29-/m0/s1. The number of rotatable bonds is 12. The Morgan fingerprint density at radius 3 is 1.82 bits per heavy atom. The molecule has 2 saturated heterocycles. The van der Waals surface area contributed by atoms with E-state index in [-0.39, 0.29) is 47.2 Å². The summed E-state index contributed by atoms with van der Waals surface area (Å²) in [6.07, 6.45) is 2.51. The van der Waals surface area contributed by atoms with E-state index in [9.17, 15) is 24.0 Å². The molecule has 4 amide bonds. The third kappa shape index (κ3) is 7.68. The monoisotopic (exact) mass is 611 g/mol. The van der Waals surface area contributed by atoms with E-state index in [1.54, 1.807) is 29.0 Å². The summed E-state index contributed by atoms with van der Waals surface area (Å²) in [5.74, 6) is -1.52. The summed E-state index contributed by atoms with van der Waals surface area (Å²) in [5.41, 5.74) is 0.577. The predicted octanol–water partition coefficient (Wildman–Crippen LogP) is 3.06. The lowest BCUT2D eigenvalue weighted by atomic mass is 9.96. The minimum absolute atomic E-state index is 0.0402. The molecule has 0 saturated carbocycles. The zero-order valence-electron chi connectivity index (χ0n) is 28.1. The highest BCUT2D eigenvalue weighted by molar-refractivity contribution is 6.03. The van der Waals surface area contributed by atoms with Crippen LogP contribution >= 0.6 is 0 Å². The fourth-order valence-electron chi connectivity index (χ4n) is 6.89. The van der Waals surface area contributed by atoms with E-state index in [1.807, 2.05) is 78.7 Å². The average molecular weight is 612 g/mol. The fourth-order valence-corrected chi connectivity index (χ4v) is 6.89. The highest BCUT2D eigenvalue weighted by Gasteiger charge is 2.45. The zero-order valence-corrected chi connectivity index (χ0v) is 28.1. The van der Waals surface area contributed by atoms with Crippen LogP contribution in [-0.4, -0.2) is 113 Å². The number of amides is 4. The van der Waals surface area contributed by atoms with Crippen molar-refractivity contribution in [3.8, 4) is 0 Å². The summed E-state index contributed by atoms with van der Waals surface area (Å²) in [5, 5.41) is 2.97. The van der Waals surface area contributed by atoms with Gasteiger partial charge in [-0.15, -0.1) is 0 Å². The summed E-state index contributed by atoms with van der Waals surface area (Å²) in [6.45, 7) is 12.3. The van der Waals surface area contributed by atoms with Gasteiger partial charge < -0.3 is 20.0 Å². The van der Waals surface area contributed by atoms with E-state index >= 15 is 0 Å². The van der Waals surface area contributed by atoms with Crippen molar-refractivity contribution in [2.45, 2.75) is 97.4 Å². The predicted molar refractivity (Wildman–Crippen MR) is 171 cm³/mol. The van der Waals surface area contributed by atoms with E-state index in [4.69, 9.17) is 0 Å². The molecule has 2 heterocycles. The van der Waals surface area contributed by atoms with Crippen molar-refractivity contribution in [3.05, 3.63) is 35.9 Å². The number of likely N-dealkylation sites (tertiary alicyclic amines) is 2. The second kappa shape index (κ2) is 15.1. The van der Waals surface area contributed by atoms with Crippen LogP contribution < -0.4 is 5.32 Å². The van der Waals surface area contributed by atoms with Gasteiger partial charge >= 0.3 is 0 Å². The highest BCUT2D eigenvalue weighted by atomic mass is 16.2. The third-order valence-corrected chi connectivity index (χ3v) is 9.05. The van der Waals surface area contributed by atoms with E-state index in [0.29, 0.717) is 37.9 Å². The molecule has 0 unspecified atom stereocenters. The number of hydrogen-bond donors (Lipinski definition) is 1. The SMILES string of the molecule is CC(C)[C@H](NC(=O)[C@H](C(C)C)N(C)C)C(=O)N(C)[C@H](C(=O)N1CCC[C@H]1C(=O)N1CCC[C@H]1C(=O)c1ccccc1)C(C)C. The van der Waals surface area contributed by atoms with Gasteiger partial charge in [-0.3, -0.25) is 28.9 Å². The molecule has 44 heavy (non-hydrogen) atoms. The van der Waals surface area contributed by atoms with Gasteiger partial charge in [-0.05, 0) is 57.5 Å². The van der Waals surface area contributed by atoms with E-state index in [1.165, 1.54) is 4.90 Å². The van der Waals surface area contributed by atoms with Crippen LogP contribution in [0.5, 0.6) is 0 Å². The van der Waals surface area contributed by atoms with Crippen LogP contribution in [0.15, 0.2) is 30.3 Å². The maximum absolute atomic E-state index is 14.2. The lowest BCUT2D eigenvalue weighted by Crippen LogP contribution is -2.61. The molecule has 0 aromatic heterocycles. The average Bonchev–Trinajstić information content (AvgIpc) is 3.65. The molecule has 1 N–H and O–H groups in total. The number of nitrogens with one attached hydrogen (secondary N) is 1. The first kappa shape index (κ1) is 35.2. The van der Waals surface area contributed by atoms with Crippen LogP contribution in [0.1, 0.15) is 77.6 Å². The molecule has 1 aromatic carbocycles. The molecule has 10 heteroatoms. The second-order valence-corrected chi connectivity index (χ2v) is 13.6. The van der Waals surface area contributed by atoms with Crippen molar-refractivity contribution in [2.24, 2.45) is 17.8 Å². The maximum atomic E-state index is 14.2. The van der Waals surface area contributed by atoms with Gasteiger partial charge in [-0.1, -0.05) is 71.9 Å². The number of ketones is 1. The van der Waals surface area contributed by atoms with E-state index < -0.39 is 30.2 Å². The van der Waals surface area contributed by atoms with Crippen molar-refractivity contribution in [2.75, 3.05) is 34.2 Å². The Kier molecular flexibility index (Phi) is 12.1. The molecule has 244 valence electrons. The topological polar surface area (TPSA) is 110 Å². The zero-order chi connectivity index (χ0) is 32.9. The molecule has 0 aliphatic carbocycles. The number of benzene rings is 1. The Morgan fingerprint density at radius 1 is 0.750 bits per heavy atom. The fraction of sp³-hybridized carbons (Fsp3) is 0.676. The van der Waals surface area contributed by atoms with Crippen molar-refractivity contribution in [3.63, 3.8) is 0 Å². The molecule has 2 fully saturated rings. The summed E-state index contributed by atoms with van der Waals surface area (Å²) < 4.78 is 0. The van der Waals surface area contributed by atoms with Crippen LogP contribution in [0.2, 0.25) is 0 Å². The lowest BCUT2D eigenvalue weighted by Gasteiger charge is -2.38. The van der Waals surface area contributed by atoms with Crippen molar-refractivity contribution in [1.29, 1.82) is 0 Å². The molecule has 3 rings (SSSR count). The quantitative estimate of drug-likeness (QED) is 0.364. The van der Waals surface area contributed by atoms with Crippen LogP contribution in [0.3, 0.4) is 0 Å². The summed E-state index contributed by atoms with van der Waals surface area (Å²) in [7, 11) is 5.29. The van der Waals surface area contributed by atoms with Crippen LogP contribution in [0, 0.1) is 17.8 Å². The second-order valence-electron chi connectivity index (χ2n) is 13.6. The Hall–Kier alpha value is -3.27. The molecule has 2 aliphatic heterocycles. The van der Waals surface area contributed by atoms with Crippen molar-refractivity contribution in [1.82, 2.24) is 24.9 Å². The number of nitrogens with zero attached hydrogens (tertiary/aromatic N) is 4. The number of carbonyl (C=O) groups excluding carboxylic acids is 5. The van der Waals surface area contributed by atoms with Crippen LogP contribution in [0.4, 0.5) is 0 Å². The largest absolute Gasteiger partial charge is 0.343 e. The molecule has 5 atom stereocenters. The Bertz CT molecular complexity index is 1180. The van der Waals surface area contributed by atoms with Gasteiger partial charge in [0.1, 0.15) is 18.1 Å². The first-order chi connectivity index (χ1) is 20.7. The van der Waals surface area contributed by atoms with Gasteiger partial charge in [0, 0.05) is 25.7 Å². The molecule has 2 aliphatic rings. The maximum Gasteiger partial charge on any atom is 0.246 e. The van der Waals surface area contributed by atoms with Crippen molar-refractivity contribution >= 4 is 29.4 Å².